The predicted octanol–water partition coefficient (Wildman–Crippen LogP) is 4.55. The molecule has 0 fully saturated rings. The number of amidine groups is 1. The van der Waals surface area contributed by atoms with Crippen LogP contribution >= 0.6 is 11.6 Å². The highest BCUT2D eigenvalue weighted by Gasteiger charge is 2.31. The van der Waals surface area contributed by atoms with Crippen molar-refractivity contribution in [2.75, 3.05) is 12.4 Å². The molecule has 136 valence electrons. The summed E-state index contributed by atoms with van der Waals surface area (Å²) in [5, 5.41) is 3.64. The molecular formula is C19H19ClN2O3S. The topological polar surface area (TPSA) is 67.8 Å². The molecular weight excluding hydrogens is 372 g/mol. The van der Waals surface area contributed by atoms with E-state index in [0.29, 0.717) is 27.6 Å². The van der Waals surface area contributed by atoms with E-state index in [1.165, 1.54) is 7.11 Å². The molecule has 0 bridgehead atoms. The van der Waals surface area contributed by atoms with Crippen LogP contribution < -0.4 is 10.1 Å². The van der Waals surface area contributed by atoms with Gasteiger partial charge in [-0.3, -0.25) is 0 Å². The second-order valence-corrected chi connectivity index (χ2v) is 8.11. The number of methoxy groups -OCH3 is 1. The maximum absolute atomic E-state index is 12.6. The van der Waals surface area contributed by atoms with Crippen LogP contribution in [-0.2, 0) is 10.0 Å². The number of halogens is 1. The molecule has 7 heteroatoms. The minimum absolute atomic E-state index is 0.213. The van der Waals surface area contributed by atoms with Crippen LogP contribution in [0.5, 0.6) is 5.75 Å². The number of nitrogens with one attached hydrogen (secondary N) is 1. The Morgan fingerprint density at radius 3 is 2.35 bits per heavy atom. The van der Waals surface area contributed by atoms with Gasteiger partial charge in [0.15, 0.2) is 0 Å². The summed E-state index contributed by atoms with van der Waals surface area (Å²) in [6.07, 6.45) is 0. The number of aryl methyl sites for hydroxylation is 2. The maximum atomic E-state index is 12.6. The minimum Gasteiger partial charge on any atom is -0.495 e. The van der Waals surface area contributed by atoms with Gasteiger partial charge < -0.3 is 10.1 Å². The lowest BCUT2D eigenvalue weighted by atomic mass is 10.1. The molecule has 0 unspecified atom stereocenters. The summed E-state index contributed by atoms with van der Waals surface area (Å²) in [5.74, 6) is 0.790. The van der Waals surface area contributed by atoms with Crippen molar-refractivity contribution in [3.8, 4) is 5.75 Å². The van der Waals surface area contributed by atoms with Crippen molar-refractivity contribution in [2.45, 2.75) is 20.8 Å². The second-order valence-electron chi connectivity index (χ2n) is 6.16. The summed E-state index contributed by atoms with van der Waals surface area (Å²) in [6.45, 7) is 5.55. The zero-order chi connectivity index (χ0) is 19.1. The number of anilines is 1. The number of hydrogen-bond donors (Lipinski definition) is 1. The van der Waals surface area contributed by atoms with Crippen molar-refractivity contribution in [1.82, 2.24) is 0 Å². The molecule has 1 heterocycles. The van der Waals surface area contributed by atoms with Crippen molar-refractivity contribution in [1.29, 1.82) is 0 Å². The molecule has 0 spiro atoms. The number of nitrogens with zero attached hydrogens (tertiary/aromatic N) is 1. The van der Waals surface area contributed by atoms with E-state index in [0.717, 1.165) is 11.1 Å². The Morgan fingerprint density at radius 1 is 1.08 bits per heavy atom. The van der Waals surface area contributed by atoms with Crippen LogP contribution in [-0.4, -0.2) is 21.4 Å². The number of sulfonamides is 1. The fourth-order valence-corrected chi connectivity index (χ4v) is 4.37. The average molecular weight is 391 g/mol. The van der Waals surface area contributed by atoms with Gasteiger partial charge in [-0.2, -0.15) is 8.42 Å². The molecule has 0 atom stereocenters. The Bertz CT molecular complexity index is 1040. The zero-order valence-corrected chi connectivity index (χ0v) is 16.5. The Labute approximate surface area is 158 Å². The summed E-state index contributed by atoms with van der Waals surface area (Å²) in [4.78, 5) is 0.213. The third-order valence-corrected chi connectivity index (χ3v) is 6.10. The van der Waals surface area contributed by atoms with Crippen LogP contribution in [0.3, 0.4) is 0 Å². The first-order valence-electron chi connectivity index (χ1n) is 7.97. The van der Waals surface area contributed by atoms with E-state index in [1.54, 1.807) is 31.2 Å². The molecule has 0 aromatic heterocycles. The minimum atomic E-state index is -3.77. The molecule has 5 nitrogen and oxygen atoms in total. The Balaban J connectivity index is 2.05. The van der Waals surface area contributed by atoms with Gasteiger partial charge in [0, 0.05) is 16.7 Å². The van der Waals surface area contributed by atoms with E-state index in [1.807, 2.05) is 26.0 Å². The van der Waals surface area contributed by atoms with Crippen molar-refractivity contribution in [2.24, 2.45) is 4.40 Å². The maximum Gasteiger partial charge on any atom is 0.285 e. The molecule has 2 aromatic rings. The first-order valence-corrected chi connectivity index (χ1v) is 9.79. The first kappa shape index (κ1) is 18.5. The van der Waals surface area contributed by atoms with Gasteiger partial charge >= 0.3 is 0 Å². The molecule has 1 aliphatic rings. The van der Waals surface area contributed by atoms with Gasteiger partial charge in [0.2, 0.25) is 0 Å². The molecule has 0 amide bonds. The summed E-state index contributed by atoms with van der Waals surface area (Å²) >= 11 is 6.13. The summed E-state index contributed by atoms with van der Waals surface area (Å²) in [6, 6.07) is 10.8. The lowest BCUT2D eigenvalue weighted by Gasteiger charge is -2.13. The highest BCUT2D eigenvalue weighted by Crippen LogP contribution is 2.36. The molecule has 26 heavy (non-hydrogen) atoms. The number of rotatable bonds is 3. The lowest BCUT2D eigenvalue weighted by Crippen LogP contribution is -2.12. The molecule has 0 saturated heterocycles. The number of ether oxygens (including phenoxy) is 1. The third kappa shape index (κ3) is 3.34. The highest BCUT2D eigenvalue weighted by molar-refractivity contribution is 8.00. The Hall–Kier alpha value is -2.31. The van der Waals surface area contributed by atoms with Gasteiger partial charge in [0.05, 0.1) is 12.8 Å². The highest BCUT2D eigenvalue weighted by atomic mass is 35.5. The Morgan fingerprint density at radius 2 is 1.73 bits per heavy atom. The summed E-state index contributed by atoms with van der Waals surface area (Å²) in [5.41, 5.74) is 3.68. The monoisotopic (exact) mass is 390 g/mol. The largest absolute Gasteiger partial charge is 0.495 e. The smallest absolute Gasteiger partial charge is 0.285 e. The Kier molecular flexibility index (Phi) is 4.82. The van der Waals surface area contributed by atoms with Gasteiger partial charge in [0.1, 0.15) is 16.5 Å². The molecule has 1 aliphatic heterocycles. The van der Waals surface area contributed by atoms with E-state index in [4.69, 9.17) is 16.3 Å². The van der Waals surface area contributed by atoms with E-state index in [9.17, 15) is 8.42 Å². The molecule has 2 aromatic carbocycles. The van der Waals surface area contributed by atoms with Crippen LogP contribution in [0.15, 0.2) is 46.4 Å². The van der Waals surface area contributed by atoms with Gasteiger partial charge in [-0.05, 0) is 38.0 Å². The third-order valence-electron chi connectivity index (χ3n) is 4.21. The van der Waals surface area contributed by atoms with Gasteiger partial charge in [-0.15, -0.1) is 4.40 Å². The van der Waals surface area contributed by atoms with Gasteiger partial charge in [-0.1, -0.05) is 41.4 Å². The predicted molar refractivity (Wildman–Crippen MR) is 106 cm³/mol. The quantitative estimate of drug-likeness (QED) is 0.834. The van der Waals surface area contributed by atoms with E-state index >= 15 is 0 Å². The van der Waals surface area contributed by atoms with Gasteiger partial charge in [-0.25, -0.2) is 0 Å². The number of hydrogen-bond acceptors (Lipinski definition) is 4. The fraction of sp³-hybridized carbons (Fsp3) is 0.211. The molecule has 0 radical (unpaired) electrons. The molecule has 3 rings (SSSR count). The fourth-order valence-electron chi connectivity index (χ4n) is 2.78. The zero-order valence-electron chi connectivity index (χ0n) is 14.9. The molecule has 0 saturated carbocycles. The first-order chi connectivity index (χ1) is 12.2. The van der Waals surface area contributed by atoms with Crippen molar-refractivity contribution in [3.63, 3.8) is 0 Å². The van der Waals surface area contributed by atoms with Crippen LogP contribution in [0.4, 0.5) is 5.69 Å². The molecule has 1 N–H and O–H groups in total. The van der Waals surface area contributed by atoms with Crippen molar-refractivity contribution >= 4 is 38.1 Å². The van der Waals surface area contributed by atoms with Crippen LogP contribution in [0.1, 0.15) is 23.6 Å². The van der Waals surface area contributed by atoms with Crippen LogP contribution in [0, 0.1) is 13.8 Å². The lowest BCUT2D eigenvalue weighted by molar-refractivity contribution is 0.417. The van der Waals surface area contributed by atoms with Crippen molar-refractivity contribution < 1.29 is 13.2 Å². The SMILES string of the molecule is COc1cc(Cl)c(C)cc1NC1=NS(=O)(=O)C(c2ccc(C)cc2)=C1C. The van der Waals surface area contributed by atoms with Crippen molar-refractivity contribution in [3.05, 3.63) is 63.7 Å². The molecule has 0 aliphatic carbocycles. The van der Waals surface area contributed by atoms with Gasteiger partial charge in [0.25, 0.3) is 10.0 Å². The second kappa shape index (κ2) is 6.78. The van der Waals surface area contributed by atoms with Crippen LogP contribution in [0.25, 0.3) is 4.91 Å². The number of benzene rings is 2. The average Bonchev–Trinajstić information content (AvgIpc) is 2.80. The standard InChI is InChI=1S/C19H19ClN2O3S/c1-11-5-7-14(8-6-11)18-13(3)19(22-26(18,23)24)21-16-9-12(2)15(20)10-17(16)25-4/h5-10H,1-4H3,(H,21,22). The summed E-state index contributed by atoms with van der Waals surface area (Å²) < 4.78 is 34.4. The van der Waals surface area contributed by atoms with E-state index in [-0.39, 0.29) is 10.7 Å². The van der Waals surface area contributed by atoms with E-state index < -0.39 is 10.0 Å². The van der Waals surface area contributed by atoms with E-state index in [2.05, 4.69) is 9.71 Å². The van der Waals surface area contributed by atoms with Crippen LogP contribution in [0.2, 0.25) is 5.02 Å². The summed E-state index contributed by atoms with van der Waals surface area (Å²) in [7, 11) is -2.24. The normalized spacial score (nSPS) is 15.8.